The zero-order chi connectivity index (χ0) is 10.7. The van der Waals surface area contributed by atoms with Gasteiger partial charge in [-0.1, -0.05) is 19.8 Å². The summed E-state index contributed by atoms with van der Waals surface area (Å²) in [5.74, 6) is 0.863. The van der Waals surface area contributed by atoms with Gasteiger partial charge in [0.05, 0.1) is 6.33 Å². The van der Waals surface area contributed by atoms with Gasteiger partial charge in [0.25, 0.3) is 0 Å². The Kier molecular flexibility index (Phi) is 3.41. The normalized spacial score (nSPS) is 31.7. The van der Waals surface area contributed by atoms with Crippen LogP contribution in [0.2, 0.25) is 0 Å². The average Bonchev–Trinajstić information content (AvgIpc) is 2.74. The van der Waals surface area contributed by atoms with E-state index >= 15 is 0 Å². The van der Waals surface area contributed by atoms with Crippen molar-refractivity contribution >= 4 is 0 Å². The molecule has 1 fully saturated rings. The Labute approximate surface area is 91.7 Å². The first kappa shape index (κ1) is 10.7. The summed E-state index contributed by atoms with van der Waals surface area (Å²) < 4.78 is 2.19. The van der Waals surface area contributed by atoms with Crippen molar-refractivity contribution in [1.82, 2.24) is 9.55 Å². The molecule has 0 radical (unpaired) electrons. The fourth-order valence-electron chi connectivity index (χ4n) is 2.73. The van der Waals surface area contributed by atoms with Gasteiger partial charge < -0.3 is 10.3 Å². The molecule has 0 saturated heterocycles. The van der Waals surface area contributed by atoms with E-state index < -0.39 is 0 Å². The second-order valence-corrected chi connectivity index (χ2v) is 4.71. The van der Waals surface area contributed by atoms with Crippen LogP contribution in [-0.2, 0) is 0 Å². The van der Waals surface area contributed by atoms with Gasteiger partial charge in [-0.25, -0.2) is 4.98 Å². The molecule has 1 heterocycles. The van der Waals surface area contributed by atoms with E-state index in [0.717, 1.165) is 12.3 Å². The van der Waals surface area contributed by atoms with Gasteiger partial charge in [0.1, 0.15) is 0 Å². The molecule has 1 aliphatic rings. The second kappa shape index (κ2) is 4.79. The lowest BCUT2D eigenvalue weighted by atomic mass is 9.80. The Hall–Kier alpha value is -0.830. The largest absolute Gasteiger partial charge is 0.333 e. The lowest BCUT2D eigenvalue weighted by molar-refractivity contribution is 0.224. The minimum absolute atomic E-state index is 0.312. The summed E-state index contributed by atoms with van der Waals surface area (Å²) in [6.07, 6.45) is 12.1. The molecule has 3 unspecified atom stereocenters. The number of rotatable bonds is 3. The maximum Gasteiger partial charge on any atom is 0.0949 e. The van der Waals surface area contributed by atoms with Crippen LogP contribution < -0.4 is 5.73 Å². The van der Waals surface area contributed by atoms with Gasteiger partial charge in [0.15, 0.2) is 0 Å². The summed E-state index contributed by atoms with van der Waals surface area (Å²) in [5, 5.41) is 0. The molecule has 15 heavy (non-hydrogen) atoms. The number of nitrogens with two attached hydrogens (primary N) is 1. The van der Waals surface area contributed by atoms with Crippen molar-refractivity contribution < 1.29 is 0 Å². The molecule has 0 bridgehead atoms. The van der Waals surface area contributed by atoms with E-state index in [2.05, 4.69) is 16.5 Å². The smallest absolute Gasteiger partial charge is 0.0949 e. The van der Waals surface area contributed by atoms with Gasteiger partial charge in [0, 0.05) is 24.5 Å². The van der Waals surface area contributed by atoms with Crippen molar-refractivity contribution in [3.8, 4) is 0 Å². The minimum atomic E-state index is 0.312. The highest BCUT2D eigenvalue weighted by molar-refractivity contribution is 4.90. The maximum atomic E-state index is 6.18. The van der Waals surface area contributed by atoms with Crippen molar-refractivity contribution in [2.45, 2.75) is 51.1 Å². The van der Waals surface area contributed by atoms with Crippen LogP contribution in [0.4, 0.5) is 0 Å². The van der Waals surface area contributed by atoms with E-state index in [4.69, 9.17) is 5.73 Å². The van der Waals surface area contributed by atoms with E-state index in [1.54, 1.807) is 0 Å². The predicted molar refractivity (Wildman–Crippen MR) is 61.5 cm³/mol. The maximum absolute atomic E-state index is 6.18. The van der Waals surface area contributed by atoms with Crippen LogP contribution in [-0.4, -0.2) is 15.6 Å². The third-order valence-electron chi connectivity index (χ3n) is 3.58. The van der Waals surface area contributed by atoms with Crippen LogP contribution in [0.15, 0.2) is 18.7 Å². The zero-order valence-corrected chi connectivity index (χ0v) is 9.47. The van der Waals surface area contributed by atoms with Crippen LogP contribution in [0.1, 0.15) is 45.1 Å². The van der Waals surface area contributed by atoms with Gasteiger partial charge in [0.2, 0.25) is 0 Å². The molecule has 1 saturated carbocycles. The molecule has 3 heteroatoms. The van der Waals surface area contributed by atoms with Crippen molar-refractivity contribution in [3.05, 3.63) is 18.7 Å². The fraction of sp³-hybridized carbons (Fsp3) is 0.750. The van der Waals surface area contributed by atoms with Gasteiger partial charge in [-0.3, -0.25) is 0 Å². The van der Waals surface area contributed by atoms with Crippen LogP contribution in [0.3, 0.4) is 0 Å². The Balaban J connectivity index is 2.02. The molecular formula is C12H21N3. The van der Waals surface area contributed by atoms with E-state index in [1.807, 2.05) is 18.7 Å². The molecule has 1 aliphatic carbocycles. The van der Waals surface area contributed by atoms with Crippen LogP contribution in [0.25, 0.3) is 0 Å². The van der Waals surface area contributed by atoms with Gasteiger partial charge in [-0.2, -0.15) is 0 Å². The summed E-state index contributed by atoms with van der Waals surface area (Å²) in [5.41, 5.74) is 6.18. The SMILES string of the molecule is CCCC1CCC(N)C(n2ccnc2)C1. The third-order valence-corrected chi connectivity index (χ3v) is 3.58. The Bertz CT molecular complexity index is 281. The van der Waals surface area contributed by atoms with E-state index in [-0.39, 0.29) is 0 Å². The minimum Gasteiger partial charge on any atom is -0.333 e. The molecule has 1 aromatic heterocycles. The number of aromatic nitrogens is 2. The average molecular weight is 207 g/mol. The first-order valence-corrected chi connectivity index (χ1v) is 6.04. The van der Waals surface area contributed by atoms with Crippen molar-refractivity contribution in [2.24, 2.45) is 11.7 Å². The van der Waals surface area contributed by atoms with E-state index in [0.29, 0.717) is 12.1 Å². The molecular weight excluding hydrogens is 186 g/mol. The molecule has 2 N–H and O–H groups in total. The van der Waals surface area contributed by atoms with Gasteiger partial charge in [-0.05, 0) is 25.2 Å². The summed E-state index contributed by atoms with van der Waals surface area (Å²) in [7, 11) is 0. The van der Waals surface area contributed by atoms with E-state index in [9.17, 15) is 0 Å². The lowest BCUT2D eigenvalue weighted by Crippen LogP contribution is -2.37. The number of imidazole rings is 1. The first-order chi connectivity index (χ1) is 7.31. The van der Waals surface area contributed by atoms with Crippen molar-refractivity contribution in [2.75, 3.05) is 0 Å². The highest BCUT2D eigenvalue weighted by Crippen LogP contribution is 2.33. The van der Waals surface area contributed by atoms with Crippen LogP contribution in [0, 0.1) is 5.92 Å². The monoisotopic (exact) mass is 207 g/mol. The predicted octanol–water partition coefficient (Wildman–Crippen LogP) is 2.35. The lowest BCUT2D eigenvalue weighted by Gasteiger charge is -2.34. The number of nitrogens with zero attached hydrogens (tertiary/aromatic N) is 2. The van der Waals surface area contributed by atoms with Gasteiger partial charge in [-0.15, -0.1) is 0 Å². The standard InChI is InChI=1S/C12H21N3/c1-2-3-10-4-5-11(13)12(8-10)15-7-6-14-9-15/h6-7,9-12H,2-5,8,13H2,1H3. The Morgan fingerprint density at radius 2 is 2.33 bits per heavy atom. The van der Waals surface area contributed by atoms with E-state index in [1.165, 1.54) is 25.7 Å². The Morgan fingerprint density at radius 1 is 1.47 bits per heavy atom. The summed E-state index contributed by atoms with van der Waals surface area (Å²) in [6, 6.07) is 0.783. The van der Waals surface area contributed by atoms with Crippen molar-refractivity contribution in [1.29, 1.82) is 0 Å². The molecule has 3 atom stereocenters. The molecule has 3 nitrogen and oxygen atoms in total. The highest BCUT2D eigenvalue weighted by atomic mass is 15.1. The highest BCUT2D eigenvalue weighted by Gasteiger charge is 2.28. The Morgan fingerprint density at radius 3 is 3.00 bits per heavy atom. The molecule has 0 aliphatic heterocycles. The summed E-state index contributed by atoms with van der Waals surface area (Å²) in [6.45, 7) is 2.26. The van der Waals surface area contributed by atoms with Crippen LogP contribution in [0.5, 0.6) is 0 Å². The molecule has 0 amide bonds. The summed E-state index contributed by atoms with van der Waals surface area (Å²) in [4.78, 5) is 4.11. The number of hydrogen-bond acceptors (Lipinski definition) is 2. The molecule has 0 spiro atoms. The second-order valence-electron chi connectivity index (χ2n) is 4.71. The fourth-order valence-corrected chi connectivity index (χ4v) is 2.73. The topological polar surface area (TPSA) is 43.8 Å². The first-order valence-electron chi connectivity index (χ1n) is 6.04. The quantitative estimate of drug-likeness (QED) is 0.826. The molecule has 0 aromatic carbocycles. The zero-order valence-electron chi connectivity index (χ0n) is 9.47. The van der Waals surface area contributed by atoms with Crippen molar-refractivity contribution in [3.63, 3.8) is 0 Å². The molecule has 1 aromatic rings. The summed E-state index contributed by atoms with van der Waals surface area (Å²) >= 11 is 0. The molecule has 84 valence electrons. The third kappa shape index (κ3) is 2.40. The van der Waals surface area contributed by atoms with Gasteiger partial charge >= 0.3 is 0 Å². The molecule has 2 rings (SSSR count). The van der Waals surface area contributed by atoms with Crippen LogP contribution >= 0.6 is 0 Å². The number of hydrogen-bond donors (Lipinski definition) is 1.